The van der Waals surface area contributed by atoms with Crippen LogP contribution >= 0.6 is 35.3 Å². The number of halogens is 1. The van der Waals surface area contributed by atoms with Crippen LogP contribution in [0.3, 0.4) is 0 Å². The molecule has 0 bridgehead atoms. The minimum Gasteiger partial charge on any atom is -0.481 e. The van der Waals surface area contributed by atoms with Crippen molar-refractivity contribution in [2.45, 2.75) is 26.9 Å². The number of rotatable bonds is 6. The second-order valence-corrected chi connectivity index (χ2v) is 6.14. The third-order valence-electron chi connectivity index (χ3n) is 3.00. The van der Waals surface area contributed by atoms with Gasteiger partial charge in [0.25, 0.3) is 0 Å². The smallest absolute Gasteiger partial charge is 0.213 e. The van der Waals surface area contributed by atoms with Crippen molar-refractivity contribution in [1.29, 1.82) is 0 Å². The first-order valence-electron chi connectivity index (χ1n) is 7.27. The van der Waals surface area contributed by atoms with Gasteiger partial charge in [0.15, 0.2) is 5.96 Å². The predicted octanol–water partition coefficient (Wildman–Crippen LogP) is 3.33. The molecule has 7 heteroatoms. The molecule has 0 saturated heterocycles. The highest BCUT2D eigenvalue weighted by Crippen LogP contribution is 2.14. The molecule has 0 aromatic carbocycles. The molecule has 2 aromatic rings. The Kier molecular flexibility index (Phi) is 8.93. The maximum atomic E-state index is 5.13. The van der Waals surface area contributed by atoms with Crippen molar-refractivity contribution in [2.75, 3.05) is 13.7 Å². The van der Waals surface area contributed by atoms with Crippen LogP contribution in [0.15, 0.2) is 35.5 Å². The number of nitrogens with one attached hydrogen (secondary N) is 2. The number of methoxy groups -OCH3 is 1. The van der Waals surface area contributed by atoms with Crippen LogP contribution in [0, 0.1) is 6.92 Å². The summed E-state index contributed by atoms with van der Waals surface area (Å²) >= 11 is 1.80. The lowest BCUT2D eigenvalue weighted by atomic mass is 10.3. The number of guanidine groups is 1. The Morgan fingerprint density at radius 1 is 1.30 bits per heavy atom. The molecule has 2 heterocycles. The number of aromatic nitrogens is 1. The normalized spacial score (nSPS) is 10.8. The second kappa shape index (κ2) is 10.4. The summed E-state index contributed by atoms with van der Waals surface area (Å²) in [6.45, 7) is 6.36. The fourth-order valence-electron chi connectivity index (χ4n) is 1.92. The maximum Gasteiger partial charge on any atom is 0.213 e. The number of pyridine rings is 1. The molecule has 0 unspecified atom stereocenters. The molecule has 23 heavy (non-hydrogen) atoms. The first-order valence-corrected chi connectivity index (χ1v) is 8.09. The first-order chi connectivity index (χ1) is 10.7. The highest BCUT2D eigenvalue weighted by Gasteiger charge is 2.01. The monoisotopic (exact) mass is 446 g/mol. The number of ether oxygens (including phenoxy) is 1. The molecule has 5 nitrogen and oxygen atoms in total. The van der Waals surface area contributed by atoms with E-state index in [9.17, 15) is 0 Å². The van der Waals surface area contributed by atoms with Crippen molar-refractivity contribution < 1.29 is 4.74 Å². The van der Waals surface area contributed by atoms with Crippen molar-refractivity contribution in [2.24, 2.45) is 4.99 Å². The Hall–Kier alpha value is -1.35. The van der Waals surface area contributed by atoms with Crippen molar-refractivity contribution >= 4 is 41.3 Å². The fraction of sp³-hybridized carbons (Fsp3) is 0.375. The molecular weight excluding hydrogens is 423 g/mol. The lowest BCUT2D eigenvalue weighted by Gasteiger charge is -2.10. The quantitative estimate of drug-likeness (QED) is 0.406. The molecule has 2 N–H and O–H groups in total. The summed E-state index contributed by atoms with van der Waals surface area (Å²) in [5.41, 5.74) is 1.07. The Bertz CT molecular complexity index is 630. The van der Waals surface area contributed by atoms with Crippen molar-refractivity contribution in [3.8, 4) is 5.88 Å². The summed E-state index contributed by atoms with van der Waals surface area (Å²) in [6, 6.07) is 8.12. The zero-order chi connectivity index (χ0) is 15.8. The minimum absolute atomic E-state index is 0. The Labute approximate surface area is 158 Å². The largest absolute Gasteiger partial charge is 0.481 e. The van der Waals surface area contributed by atoms with Gasteiger partial charge in [-0.05, 0) is 37.6 Å². The standard InChI is InChI=1S/C16H22N4OS.HI/c1-4-17-16(20-11-14-6-5-12(2)22-14)19-10-13-7-8-18-15(9-13)21-3;/h5-9H,4,10-11H2,1-3H3,(H2,17,19,20);1H. The van der Waals surface area contributed by atoms with Crippen LogP contribution in [0.5, 0.6) is 5.88 Å². The number of aryl methyl sites for hydroxylation is 1. The first kappa shape index (κ1) is 19.7. The highest BCUT2D eigenvalue weighted by molar-refractivity contribution is 14.0. The average Bonchev–Trinajstić information content (AvgIpc) is 2.96. The van der Waals surface area contributed by atoms with Gasteiger partial charge in [0.05, 0.1) is 20.2 Å². The zero-order valence-corrected chi connectivity index (χ0v) is 16.8. The van der Waals surface area contributed by atoms with Crippen LogP contribution in [0.1, 0.15) is 22.2 Å². The number of nitrogens with zero attached hydrogens (tertiary/aromatic N) is 2. The molecule has 0 aliphatic heterocycles. The topological polar surface area (TPSA) is 58.5 Å². The lowest BCUT2D eigenvalue weighted by Crippen LogP contribution is -2.36. The van der Waals surface area contributed by atoms with E-state index in [1.165, 1.54) is 9.75 Å². The molecule has 0 aliphatic rings. The van der Waals surface area contributed by atoms with Crippen molar-refractivity contribution in [1.82, 2.24) is 15.6 Å². The van der Waals surface area contributed by atoms with Crippen LogP contribution in [0.2, 0.25) is 0 Å². The molecule has 0 amide bonds. The second-order valence-electron chi connectivity index (χ2n) is 4.77. The molecule has 0 aliphatic carbocycles. The summed E-state index contributed by atoms with van der Waals surface area (Å²) in [5.74, 6) is 1.42. The van der Waals surface area contributed by atoms with Gasteiger partial charge >= 0.3 is 0 Å². The average molecular weight is 446 g/mol. The van der Waals surface area contributed by atoms with E-state index in [0.717, 1.165) is 24.6 Å². The molecule has 0 fully saturated rings. The molecular formula is C16H23IN4OS. The Morgan fingerprint density at radius 2 is 2.13 bits per heavy atom. The lowest BCUT2D eigenvalue weighted by molar-refractivity contribution is 0.397. The number of hydrogen-bond donors (Lipinski definition) is 2. The fourth-order valence-corrected chi connectivity index (χ4v) is 2.75. The van der Waals surface area contributed by atoms with E-state index < -0.39 is 0 Å². The SMILES string of the molecule is CCNC(=NCc1ccnc(OC)c1)NCc1ccc(C)s1.I. The predicted molar refractivity (Wildman–Crippen MR) is 107 cm³/mol. The minimum atomic E-state index is 0. The summed E-state index contributed by atoms with van der Waals surface area (Å²) in [7, 11) is 1.62. The third kappa shape index (κ3) is 6.74. The van der Waals surface area contributed by atoms with Crippen molar-refractivity contribution in [3.63, 3.8) is 0 Å². The Balaban J connectivity index is 0.00000264. The number of thiophene rings is 1. The van der Waals surface area contributed by atoms with Crippen LogP contribution in [-0.4, -0.2) is 24.6 Å². The van der Waals surface area contributed by atoms with E-state index in [1.807, 2.05) is 12.1 Å². The van der Waals surface area contributed by atoms with E-state index in [2.05, 4.69) is 46.6 Å². The molecule has 126 valence electrons. The number of aliphatic imine (C=N–C) groups is 1. The maximum absolute atomic E-state index is 5.13. The van der Waals surface area contributed by atoms with Crippen LogP contribution in [0.4, 0.5) is 0 Å². The van der Waals surface area contributed by atoms with Crippen LogP contribution in [-0.2, 0) is 13.1 Å². The van der Waals surface area contributed by atoms with E-state index in [1.54, 1.807) is 24.6 Å². The molecule has 2 aromatic heterocycles. The zero-order valence-electron chi connectivity index (χ0n) is 13.6. The van der Waals surface area contributed by atoms with Gasteiger partial charge in [-0.2, -0.15) is 0 Å². The van der Waals surface area contributed by atoms with Gasteiger partial charge in [0.2, 0.25) is 5.88 Å². The summed E-state index contributed by atoms with van der Waals surface area (Å²) in [5, 5.41) is 6.61. The van der Waals surface area contributed by atoms with Gasteiger partial charge in [-0.15, -0.1) is 35.3 Å². The summed E-state index contributed by atoms with van der Waals surface area (Å²) in [6.07, 6.45) is 1.73. The molecule has 2 rings (SSSR count). The summed E-state index contributed by atoms with van der Waals surface area (Å²) in [4.78, 5) is 11.3. The van der Waals surface area contributed by atoms with Gasteiger partial charge in [-0.3, -0.25) is 0 Å². The van der Waals surface area contributed by atoms with Crippen LogP contribution < -0.4 is 15.4 Å². The van der Waals surface area contributed by atoms with E-state index in [4.69, 9.17) is 4.74 Å². The van der Waals surface area contributed by atoms with Crippen molar-refractivity contribution in [3.05, 3.63) is 45.8 Å². The third-order valence-corrected chi connectivity index (χ3v) is 4.00. The van der Waals surface area contributed by atoms with Gasteiger partial charge in [-0.25, -0.2) is 9.98 Å². The van der Waals surface area contributed by atoms with E-state index in [-0.39, 0.29) is 24.0 Å². The Morgan fingerprint density at radius 3 is 2.78 bits per heavy atom. The van der Waals surface area contributed by atoms with E-state index in [0.29, 0.717) is 12.4 Å². The highest BCUT2D eigenvalue weighted by atomic mass is 127. The van der Waals surface area contributed by atoms with Gasteiger partial charge in [0.1, 0.15) is 0 Å². The number of hydrogen-bond acceptors (Lipinski definition) is 4. The van der Waals surface area contributed by atoms with Crippen LogP contribution in [0.25, 0.3) is 0 Å². The molecule has 0 atom stereocenters. The summed E-state index contributed by atoms with van der Waals surface area (Å²) < 4.78 is 5.13. The molecule has 0 saturated carbocycles. The van der Waals surface area contributed by atoms with E-state index >= 15 is 0 Å². The van der Waals surface area contributed by atoms with Gasteiger partial charge in [0, 0.05) is 28.6 Å². The molecule has 0 spiro atoms. The molecule has 0 radical (unpaired) electrons. The van der Waals surface area contributed by atoms with Gasteiger partial charge in [-0.1, -0.05) is 0 Å². The van der Waals surface area contributed by atoms with Gasteiger partial charge < -0.3 is 15.4 Å².